The fourth-order valence-electron chi connectivity index (χ4n) is 2.07. The van der Waals surface area contributed by atoms with Crippen LogP contribution < -0.4 is 0 Å². The van der Waals surface area contributed by atoms with Crippen LogP contribution in [0.3, 0.4) is 0 Å². The van der Waals surface area contributed by atoms with E-state index in [4.69, 9.17) is 0 Å². The Balaban J connectivity index is 2.33. The van der Waals surface area contributed by atoms with E-state index >= 15 is 0 Å². The lowest BCUT2D eigenvalue weighted by atomic mass is 9.97. The van der Waals surface area contributed by atoms with Crippen molar-refractivity contribution in [1.29, 1.82) is 0 Å². The van der Waals surface area contributed by atoms with Gasteiger partial charge in [-0.2, -0.15) is 0 Å². The van der Waals surface area contributed by atoms with Gasteiger partial charge in [0.25, 0.3) is 0 Å². The van der Waals surface area contributed by atoms with Crippen LogP contribution in [0, 0.1) is 0 Å². The second-order valence-corrected chi connectivity index (χ2v) is 4.42. The zero-order chi connectivity index (χ0) is 15.4. The normalized spacial score (nSPS) is 10.3. The summed E-state index contributed by atoms with van der Waals surface area (Å²) in [6.45, 7) is 1.64. The molecule has 0 heterocycles. The van der Waals surface area contributed by atoms with Crippen molar-refractivity contribution >= 4 is 28.3 Å². The largest absolute Gasteiger partial charge is 0.507 e. The molecule has 0 amide bonds. The number of benzene rings is 2. The number of aromatic hydroxyl groups is 1. The Bertz CT molecular complexity index is 718. The molecule has 0 bridgehead atoms. The molecule has 0 radical (unpaired) electrons. The van der Waals surface area contributed by atoms with Gasteiger partial charge < -0.3 is 9.84 Å². The fraction of sp³-hybridized carbons (Fsp3) is 0.188. The third-order valence-corrected chi connectivity index (χ3v) is 3.01. The third kappa shape index (κ3) is 3.08. The average molecular weight is 286 g/mol. The molecule has 5 nitrogen and oxygen atoms in total. The Morgan fingerprint density at radius 2 is 1.81 bits per heavy atom. The van der Waals surface area contributed by atoms with E-state index in [9.17, 15) is 19.5 Å². The number of hydrogen-bond acceptors (Lipinski definition) is 5. The number of esters is 1. The lowest BCUT2D eigenvalue weighted by Gasteiger charge is -2.07. The summed E-state index contributed by atoms with van der Waals surface area (Å²) < 4.78 is 4.55. The third-order valence-electron chi connectivity index (χ3n) is 3.01. The van der Waals surface area contributed by atoms with Crippen LogP contribution in [0.1, 0.15) is 23.7 Å². The molecule has 0 aliphatic carbocycles. The highest BCUT2D eigenvalue weighted by atomic mass is 16.5. The van der Waals surface area contributed by atoms with Gasteiger partial charge in [0.2, 0.25) is 5.78 Å². The molecule has 0 aliphatic heterocycles. The van der Waals surface area contributed by atoms with Crippen LogP contribution >= 0.6 is 0 Å². The van der Waals surface area contributed by atoms with Crippen LogP contribution in [0.2, 0.25) is 0 Å². The zero-order valence-corrected chi connectivity index (χ0v) is 11.5. The van der Waals surface area contributed by atoms with Crippen molar-refractivity contribution in [1.82, 2.24) is 0 Å². The molecule has 21 heavy (non-hydrogen) atoms. The summed E-state index contributed by atoms with van der Waals surface area (Å²) >= 11 is 0. The SMILES string of the molecule is CCOC(=O)C(=O)CC(=O)c1c(O)ccc2ccccc12. The maximum Gasteiger partial charge on any atom is 0.375 e. The number of ether oxygens (including phenoxy) is 1. The number of phenolic OH excluding ortho intramolecular Hbond substituents is 1. The number of carbonyl (C=O) groups excluding carboxylic acids is 3. The molecule has 1 N–H and O–H groups in total. The Morgan fingerprint density at radius 3 is 2.52 bits per heavy atom. The first kappa shape index (κ1) is 14.7. The van der Waals surface area contributed by atoms with E-state index in [1.165, 1.54) is 6.07 Å². The van der Waals surface area contributed by atoms with Gasteiger partial charge in [-0.05, 0) is 23.8 Å². The van der Waals surface area contributed by atoms with Crippen LogP contribution in [0.15, 0.2) is 36.4 Å². The summed E-state index contributed by atoms with van der Waals surface area (Å²) in [5.41, 5.74) is 0.0470. The Kier molecular flexibility index (Phi) is 4.33. The molecular formula is C16H14O5. The van der Waals surface area contributed by atoms with E-state index in [-0.39, 0.29) is 17.9 Å². The Hall–Kier alpha value is -2.69. The molecule has 0 atom stereocenters. The number of phenols is 1. The van der Waals surface area contributed by atoms with E-state index in [1.54, 1.807) is 37.3 Å². The predicted octanol–water partition coefficient (Wildman–Crippen LogP) is 2.25. The van der Waals surface area contributed by atoms with E-state index in [1.807, 2.05) is 0 Å². The van der Waals surface area contributed by atoms with Crippen molar-refractivity contribution in [2.45, 2.75) is 13.3 Å². The molecule has 2 aromatic carbocycles. The zero-order valence-electron chi connectivity index (χ0n) is 11.5. The topological polar surface area (TPSA) is 80.7 Å². The average Bonchev–Trinajstić information content (AvgIpc) is 2.47. The predicted molar refractivity (Wildman–Crippen MR) is 76.2 cm³/mol. The standard InChI is InChI=1S/C16H14O5/c1-2-21-16(20)14(19)9-13(18)15-11-6-4-3-5-10(11)7-8-12(15)17/h3-8,17H,2,9H2,1H3. The van der Waals surface area contributed by atoms with E-state index in [0.717, 1.165) is 5.39 Å². The number of ketones is 2. The van der Waals surface area contributed by atoms with Gasteiger partial charge in [-0.1, -0.05) is 30.3 Å². The monoisotopic (exact) mass is 286 g/mol. The van der Waals surface area contributed by atoms with Crippen LogP contribution in [0.4, 0.5) is 0 Å². The molecule has 108 valence electrons. The molecule has 0 spiro atoms. The second kappa shape index (κ2) is 6.17. The summed E-state index contributed by atoms with van der Waals surface area (Å²) in [5, 5.41) is 11.2. The van der Waals surface area contributed by atoms with Gasteiger partial charge in [-0.15, -0.1) is 0 Å². The van der Waals surface area contributed by atoms with Crippen LogP contribution in [0.25, 0.3) is 10.8 Å². The van der Waals surface area contributed by atoms with Gasteiger partial charge >= 0.3 is 5.97 Å². The van der Waals surface area contributed by atoms with Crippen molar-refractivity contribution < 1.29 is 24.2 Å². The fourth-order valence-corrected chi connectivity index (χ4v) is 2.07. The molecule has 0 fully saturated rings. The summed E-state index contributed by atoms with van der Waals surface area (Å²) in [5.74, 6) is -2.78. The second-order valence-electron chi connectivity index (χ2n) is 4.42. The first-order valence-corrected chi connectivity index (χ1v) is 6.48. The molecule has 0 unspecified atom stereocenters. The minimum Gasteiger partial charge on any atom is -0.507 e. The maximum atomic E-state index is 12.2. The lowest BCUT2D eigenvalue weighted by Crippen LogP contribution is -2.20. The molecule has 2 aromatic rings. The summed E-state index contributed by atoms with van der Waals surface area (Å²) in [6.07, 6.45) is -0.625. The highest BCUT2D eigenvalue weighted by Crippen LogP contribution is 2.28. The molecule has 0 saturated carbocycles. The summed E-state index contributed by atoms with van der Waals surface area (Å²) in [7, 11) is 0. The molecule has 2 rings (SSSR count). The molecule has 0 aromatic heterocycles. The quantitative estimate of drug-likeness (QED) is 0.394. The van der Waals surface area contributed by atoms with Gasteiger partial charge in [0.15, 0.2) is 5.78 Å². The number of rotatable bonds is 5. The van der Waals surface area contributed by atoms with Crippen molar-refractivity contribution in [3.8, 4) is 5.75 Å². The lowest BCUT2D eigenvalue weighted by molar-refractivity contribution is -0.153. The van der Waals surface area contributed by atoms with Crippen molar-refractivity contribution in [2.24, 2.45) is 0 Å². The molecule has 0 aliphatic rings. The van der Waals surface area contributed by atoms with Crippen LogP contribution in [0.5, 0.6) is 5.75 Å². The highest BCUT2D eigenvalue weighted by Gasteiger charge is 2.23. The molecular weight excluding hydrogens is 272 g/mol. The van der Waals surface area contributed by atoms with Gasteiger partial charge in [0.1, 0.15) is 5.75 Å². The Morgan fingerprint density at radius 1 is 1.10 bits per heavy atom. The van der Waals surface area contributed by atoms with Gasteiger partial charge in [0.05, 0.1) is 18.6 Å². The van der Waals surface area contributed by atoms with Crippen molar-refractivity contribution in [3.05, 3.63) is 42.0 Å². The summed E-state index contributed by atoms with van der Waals surface area (Å²) in [6, 6.07) is 10.1. The van der Waals surface area contributed by atoms with Gasteiger partial charge in [-0.25, -0.2) is 4.79 Å². The van der Waals surface area contributed by atoms with Crippen molar-refractivity contribution in [2.75, 3.05) is 6.61 Å². The highest BCUT2D eigenvalue weighted by molar-refractivity contribution is 6.38. The molecule has 0 saturated heterocycles. The smallest absolute Gasteiger partial charge is 0.375 e. The van der Waals surface area contributed by atoms with Gasteiger partial charge in [0, 0.05) is 0 Å². The number of fused-ring (bicyclic) bond motifs is 1. The number of hydrogen-bond donors (Lipinski definition) is 1. The first-order valence-electron chi connectivity index (χ1n) is 6.48. The van der Waals surface area contributed by atoms with Gasteiger partial charge in [-0.3, -0.25) is 9.59 Å². The van der Waals surface area contributed by atoms with Crippen LogP contribution in [-0.4, -0.2) is 29.2 Å². The minimum absolute atomic E-state index is 0.0470. The first-order chi connectivity index (χ1) is 10.0. The Labute approximate surface area is 121 Å². The maximum absolute atomic E-state index is 12.2. The minimum atomic E-state index is -1.04. The van der Waals surface area contributed by atoms with E-state index in [0.29, 0.717) is 5.39 Å². The number of carbonyl (C=O) groups is 3. The van der Waals surface area contributed by atoms with E-state index < -0.39 is 24.0 Å². The van der Waals surface area contributed by atoms with Crippen molar-refractivity contribution in [3.63, 3.8) is 0 Å². The van der Waals surface area contributed by atoms with Crippen LogP contribution in [-0.2, 0) is 14.3 Å². The number of Topliss-reactive ketones (excluding diaryl/α,β-unsaturated/α-hetero) is 2. The molecule has 5 heteroatoms. The van der Waals surface area contributed by atoms with E-state index in [2.05, 4.69) is 4.74 Å². The summed E-state index contributed by atoms with van der Waals surface area (Å²) in [4.78, 5) is 35.1.